The lowest BCUT2D eigenvalue weighted by molar-refractivity contribution is 0.667. The van der Waals surface area contributed by atoms with E-state index in [2.05, 4.69) is 38.6 Å². The molecule has 1 saturated carbocycles. The van der Waals surface area contributed by atoms with Gasteiger partial charge in [0.1, 0.15) is 0 Å². The molecular weight excluding hydrogens is 146 g/mol. The maximum absolute atomic E-state index is 4.20. The molecule has 0 saturated heterocycles. The van der Waals surface area contributed by atoms with E-state index in [0.29, 0.717) is 5.92 Å². The zero-order valence-corrected chi connectivity index (χ0v) is 8.43. The van der Waals surface area contributed by atoms with Gasteiger partial charge in [-0.3, -0.25) is 4.99 Å². The smallest absolute Gasteiger partial charge is 0.0845 e. The minimum absolute atomic E-state index is 0.156. The molecule has 2 unspecified atom stereocenters. The van der Waals surface area contributed by atoms with Gasteiger partial charge in [-0.2, -0.15) is 0 Å². The van der Waals surface area contributed by atoms with Gasteiger partial charge in [0, 0.05) is 0 Å². The van der Waals surface area contributed by atoms with Crippen LogP contribution in [0.4, 0.5) is 0 Å². The highest BCUT2D eigenvalue weighted by Crippen LogP contribution is 2.49. The van der Waals surface area contributed by atoms with Crippen molar-refractivity contribution in [3.63, 3.8) is 0 Å². The summed E-state index contributed by atoms with van der Waals surface area (Å²) in [6, 6.07) is 0. The molecule has 0 radical (unpaired) electrons. The molecule has 0 N–H and O–H groups in total. The van der Waals surface area contributed by atoms with Crippen LogP contribution >= 0.6 is 0 Å². The maximum atomic E-state index is 4.20. The molecule has 12 heavy (non-hydrogen) atoms. The van der Waals surface area contributed by atoms with Crippen LogP contribution in [0.1, 0.15) is 40.0 Å². The lowest BCUT2D eigenvalue weighted by atomic mass is 10.1. The van der Waals surface area contributed by atoms with Crippen molar-refractivity contribution in [3.05, 3.63) is 11.6 Å². The van der Waals surface area contributed by atoms with Gasteiger partial charge < -0.3 is 0 Å². The molecule has 0 amide bonds. The van der Waals surface area contributed by atoms with E-state index in [1.807, 2.05) is 0 Å². The number of aliphatic imine (C=N–C) groups is 1. The van der Waals surface area contributed by atoms with Crippen molar-refractivity contribution in [2.45, 2.75) is 45.6 Å². The third kappa shape index (κ3) is 1.60. The molecule has 1 nitrogen and oxygen atoms in total. The zero-order chi connectivity index (χ0) is 9.19. The van der Waals surface area contributed by atoms with Gasteiger partial charge in [0.05, 0.1) is 5.54 Å². The highest BCUT2D eigenvalue weighted by Gasteiger charge is 2.46. The number of hydrogen-bond acceptors (Lipinski definition) is 1. The van der Waals surface area contributed by atoms with Gasteiger partial charge in [0.2, 0.25) is 0 Å². The minimum atomic E-state index is 0.156. The normalized spacial score (nSPS) is 33.4. The summed E-state index contributed by atoms with van der Waals surface area (Å²) in [6.07, 6.45) is 5.86. The van der Waals surface area contributed by atoms with Crippen LogP contribution in [0.15, 0.2) is 16.6 Å². The van der Waals surface area contributed by atoms with Gasteiger partial charge in [-0.15, -0.1) is 0 Å². The molecule has 0 aromatic heterocycles. The van der Waals surface area contributed by atoms with E-state index < -0.39 is 0 Å². The number of hydrogen-bond donors (Lipinski definition) is 0. The molecule has 2 atom stereocenters. The van der Waals surface area contributed by atoms with Crippen molar-refractivity contribution < 1.29 is 0 Å². The van der Waals surface area contributed by atoms with Gasteiger partial charge in [-0.05, 0) is 31.1 Å². The lowest BCUT2D eigenvalue weighted by Gasteiger charge is -2.04. The van der Waals surface area contributed by atoms with Crippen LogP contribution in [0.2, 0.25) is 0 Å². The van der Waals surface area contributed by atoms with Gasteiger partial charge in [-0.1, -0.05) is 33.3 Å². The first-order valence-electron chi connectivity index (χ1n) is 4.87. The molecule has 0 heterocycles. The van der Waals surface area contributed by atoms with E-state index in [1.54, 1.807) is 0 Å². The fraction of sp³-hybridized carbons (Fsp3) is 0.727. The Bertz CT molecular complexity index is 205. The van der Waals surface area contributed by atoms with Crippen LogP contribution in [-0.2, 0) is 0 Å². The molecule has 1 aliphatic rings. The monoisotopic (exact) mass is 165 g/mol. The molecule has 0 aromatic rings. The number of allylic oxidation sites excluding steroid dienone is 1. The van der Waals surface area contributed by atoms with E-state index in [4.69, 9.17) is 0 Å². The minimum Gasteiger partial charge on any atom is -0.290 e. The van der Waals surface area contributed by atoms with Crippen LogP contribution in [-0.4, -0.2) is 12.3 Å². The van der Waals surface area contributed by atoms with E-state index >= 15 is 0 Å². The van der Waals surface area contributed by atoms with Gasteiger partial charge in [-0.25, -0.2) is 0 Å². The number of nitrogens with zero attached hydrogens (tertiary/aromatic N) is 1. The average Bonchev–Trinajstić information content (AvgIpc) is 2.79. The van der Waals surface area contributed by atoms with Crippen molar-refractivity contribution in [1.82, 2.24) is 0 Å². The summed E-state index contributed by atoms with van der Waals surface area (Å²) in [5.74, 6) is 0.704. The summed E-state index contributed by atoms with van der Waals surface area (Å²) < 4.78 is 0. The molecule has 1 aliphatic carbocycles. The summed E-state index contributed by atoms with van der Waals surface area (Å²) in [5.41, 5.74) is 1.66. The van der Waals surface area contributed by atoms with Gasteiger partial charge in [0.15, 0.2) is 0 Å². The molecule has 1 fully saturated rings. The van der Waals surface area contributed by atoms with Crippen molar-refractivity contribution in [2.75, 3.05) is 0 Å². The molecule has 0 aliphatic heterocycles. The predicted molar refractivity (Wildman–Crippen MR) is 54.7 cm³/mol. The standard InChI is InChI=1S/C11H19N/c1-5-9(3)7-10-8-11(10,6-2)12-4/h7,9H,4-6,8H2,1-3H3/b10-7-. The van der Waals surface area contributed by atoms with E-state index in [9.17, 15) is 0 Å². The first-order chi connectivity index (χ1) is 5.68. The SMILES string of the molecule is C=NC1(CC)C/C1=C/C(C)CC. The fourth-order valence-corrected chi connectivity index (χ4v) is 1.57. The zero-order valence-electron chi connectivity index (χ0n) is 8.43. The van der Waals surface area contributed by atoms with Crippen LogP contribution in [0.25, 0.3) is 0 Å². The van der Waals surface area contributed by atoms with Gasteiger partial charge in [0.25, 0.3) is 0 Å². The van der Waals surface area contributed by atoms with E-state index in [-0.39, 0.29) is 5.54 Å². The predicted octanol–water partition coefficient (Wildman–Crippen LogP) is 3.21. The van der Waals surface area contributed by atoms with Gasteiger partial charge >= 0.3 is 0 Å². The summed E-state index contributed by atoms with van der Waals surface area (Å²) in [5, 5.41) is 0. The van der Waals surface area contributed by atoms with Crippen LogP contribution < -0.4 is 0 Å². The quantitative estimate of drug-likeness (QED) is 0.448. The van der Waals surface area contributed by atoms with Crippen LogP contribution in [0.5, 0.6) is 0 Å². The summed E-state index contributed by atoms with van der Waals surface area (Å²) in [7, 11) is 0. The molecule has 0 spiro atoms. The second kappa shape index (κ2) is 3.42. The summed E-state index contributed by atoms with van der Waals surface area (Å²) in [4.78, 5) is 4.20. The Kier molecular flexibility index (Phi) is 2.71. The summed E-state index contributed by atoms with van der Waals surface area (Å²) >= 11 is 0. The molecular formula is C11H19N. The highest BCUT2D eigenvalue weighted by atomic mass is 14.9. The van der Waals surface area contributed by atoms with E-state index in [0.717, 1.165) is 12.8 Å². The molecule has 0 aromatic carbocycles. The first kappa shape index (κ1) is 9.50. The Labute approximate surface area is 75.6 Å². The first-order valence-corrected chi connectivity index (χ1v) is 4.87. The Morgan fingerprint density at radius 2 is 2.33 bits per heavy atom. The fourth-order valence-electron chi connectivity index (χ4n) is 1.57. The second-order valence-electron chi connectivity index (χ2n) is 3.80. The van der Waals surface area contributed by atoms with Crippen molar-refractivity contribution in [3.8, 4) is 0 Å². The molecule has 0 bridgehead atoms. The Balaban J connectivity index is 2.59. The Hall–Kier alpha value is -0.590. The topological polar surface area (TPSA) is 12.4 Å². The molecule has 68 valence electrons. The largest absolute Gasteiger partial charge is 0.290 e. The van der Waals surface area contributed by atoms with Crippen molar-refractivity contribution in [1.29, 1.82) is 0 Å². The average molecular weight is 165 g/mol. The molecule has 1 heteroatoms. The van der Waals surface area contributed by atoms with E-state index in [1.165, 1.54) is 12.0 Å². The van der Waals surface area contributed by atoms with Crippen LogP contribution in [0.3, 0.4) is 0 Å². The lowest BCUT2D eigenvalue weighted by Crippen LogP contribution is -2.01. The van der Waals surface area contributed by atoms with Crippen molar-refractivity contribution >= 4 is 6.72 Å². The number of rotatable bonds is 4. The van der Waals surface area contributed by atoms with Crippen LogP contribution in [0, 0.1) is 5.92 Å². The Morgan fingerprint density at radius 3 is 2.67 bits per heavy atom. The summed E-state index contributed by atoms with van der Waals surface area (Å²) in [6.45, 7) is 10.3. The third-order valence-corrected chi connectivity index (χ3v) is 2.97. The highest BCUT2D eigenvalue weighted by molar-refractivity contribution is 5.44. The second-order valence-corrected chi connectivity index (χ2v) is 3.80. The third-order valence-electron chi connectivity index (χ3n) is 2.97. The Morgan fingerprint density at radius 1 is 1.67 bits per heavy atom. The molecule has 1 rings (SSSR count). The van der Waals surface area contributed by atoms with Crippen molar-refractivity contribution in [2.24, 2.45) is 10.9 Å². The maximum Gasteiger partial charge on any atom is 0.0845 e.